The van der Waals surface area contributed by atoms with Gasteiger partial charge in [0.25, 0.3) is 11.8 Å². The lowest BCUT2D eigenvalue weighted by Crippen LogP contribution is -2.31. The molecule has 0 atom stereocenters. The molecule has 4 aromatic carbocycles. The van der Waals surface area contributed by atoms with E-state index in [1.165, 1.54) is 5.56 Å². The van der Waals surface area contributed by atoms with Gasteiger partial charge in [0, 0.05) is 21.9 Å². The third-order valence-corrected chi connectivity index (χ3v) is 7.64. The predicted molar refractivity (Wildman–Crippen MR) is 146 cm³/mol. The van der Waals surface area contributed by atoms with Crippen molar-refractivity contribution in [3.8, 4) is 0 Å². The van der Waals surface area contributed by atoms with Gasteiger partial charge in [0.15, 0.2) is 0 Å². The van der Waals surface area contributed by atoms with Crippen molar-refractivity contribution in [2.24, 2.45) is 0 Å². The summed E-state index contributed by atoms with van der Waals surface area (Å²) < 4.78 is 0. The molecule has 4 aromatic rings. The molecule has 1 aliphatic rings. The number of carbonyl (C=O) groups is 2. The molecular formula is C31H28N2O2S. The van der Waals surface area contributed by atoms with Crippen LogP contribution in [0.15, 0.2) is 94.7 Å². The first-order valence-corrected chi connectivity index (χ1v) is 12.8. The Morgan fingerprint density at radius 1 is 0.833 bits per heavy atom. The van der Waals surface area contributed by atoms with Crippen molar-refractivity contribution in [1.82, 2.24) is 5.32 Å². The number of amides is 2. The fourth-order valence-electron chi connectivity index (χ4n) is 4.35. The average molecular weight is 493 g/mol. The summed E-state index contributed by atoms with van der Waals surface area (Å²) in [6.45, 7) is 7.04. The molecule has 0 saturated carbocycles. The summed E-state index contributed by atoms with van der Waals surface area (Å²) in [5, 5.41) is 3.02. The summed E-state index contributed by atoms with van der Waals surface area (Å²) in [4.78, 5) is 30.6. The second-order valence-corrected chi connectivity index (χ2v) is 10.4. The summed E-state index contributed by atoms with van der Waals surface area (Å²) in [7, 11) is 0. The second kappa shape index (κ2) is 10.0. The van der Waals surface area contributed by atoms with Crippen molar-refractivity contribution < 1.29 is 9.59 Å². The standard InChI is InChI=1S/C31H28N2O2S/c1-20-9-12-23(13-10-20)18-32-30(34)24-14-15-29-27(17-24)33(19-25-16-21(2)8-11-22(25)3)31(35)26-6-4-5-7-28(26)36-29/h4-17H,18-19H2,1-3H3,(H,32,34). The minimum Gasteiger partial charge on any atom is -0.348 e. The molecule has 1 N–H and O–H groups in total. The normalized spacial score (nSPS) is 12.5. The monoisotopic (exact) mass is 492 g/mol. The van der Waals surface area contributed by atoms with Crippen LogP contribution in [0.25, 0.3) is 0 Å². The maximum atomic E-state index is 13.8. The highest BCUT2D eigenvalue weighted by Crippen LogP contribution is 2.42. The van der Waals surface area contributed by atoms with Gasteiger partial charge in [-0.15, -0.1) is 0 Å². The van der Waals surface area contributed by atoms with Crippen LogP contribution in [-0.4, -0.2) is 11.8 Å². The molecule has 0 spiro atoms. The Morgan fingerprint density at radius 2 is 1.58 bits per heavy atom. The van der Waals surface area contributed by atoms with Gasteiger partial charge in [-0.05, 0) is 67.8 Å². The quantitative estimate of drug-likeness (QED) is 0.331. The summed E-state index contributed by atoms with van der Waals surface area (Å²) in [5.74, 6) is -0.223. The number of hydrogen-bond donors (Lipinski definition) is 1. The van der Waals surface area contributed by atoms with Crippen LogP contribution >= 0.6 is 11.8 Å². The Labute approximate surface area is 216 Å². The number of rotatable bonds is 5. The van der Waals surface area contributed by atoms with Crippen LogP contribution in [0.3, 0.4) is 0 Å². The van der Waals surface area contributed by atoms with Crippen molar-refractivity contribution in [1.29, 1.82) is 0 Å². The van der Waals surface area contributed by atoms with E-state index in [0.29, 0.717) is 24.2 Å². The van der Waals surface area contributed by atoms with Crippen LogP contribution in [-0.2, 0) is 13.1 Å². The van der Waals surface area contributed by atoms with E-state index < -0.39 is 0 Å². The lowest BCUT2D eigenvalue weighted by molar-refractivity contribution is 0.0947. The Kier molecular flexibility index (Phi) is 6.66. The van der Waals surface area contributed by atoms with E-state index in [1.54, 1.807) is 11.8 Å². The number of anilines is 1. The van der Waals surface area contributed by atoms with Gasteiger partial charge in [0.1, 0.15) is 0 Å². The average Bonchev–Trinajstić information content (AvgIpc) is 2.99. The number of nitrogens with zero attached hydrogens (tertiary/aromatic N) is 1. The molecule has 0 aliphatic carbocycles. The minimum absolute atomic E-state index is 0.0602. The second-order valence-electron chi connectivity index (χ2n) is 9.27. The van der Waals surface area contributed by atoms with Crippen LogP contribution in [0, 0.1) is 20.8 Å². The largest absolute Gasteiger partial charge is 0.348 e. The summed E-state index contributed by atoms with van der Waals surface area (Å²) in [6.07, 6.45) is 0. The molecule has 0 unspecified atom stereocenters. The molecular weight excluding hydrogens is 464 g/mol. The van der Waals surface area contributed by atoms with E-state index in [1.807, 2.05) is 78.6 Å². The van der Waals surface area contributed by atoms with Gasteiger partial charge in [-0.2, -0.15) is 0 Å². The van der Waals surface area contributed by atoms with Gasteiger partial charge in [-0.3, -0.25) is 9.59 Å². The number of benzene rings is 4. The molecule has 1 aliphatic heterocycles. The molecule has 180 valence electrons. The highest BCUT2D eigenvalue weighted by atomic mass is 32.2. The van der Waals surface area contributed by atoms with E-state index in [4.69, 9.17) is 0 Å². The summed E-state index contributed by atoms with van der Waals surface area (Å²) in [6, 6.07) is 27.8. The summed E-state index contributed by atoms with van der Waals surface area (Å²) in [5.41, 5.74) is 7.56. The van der Waals surface area contributed by atoms with Gasteiger partial charge >= 0.3 is 0 Å². The maximum Gasteiger partial charge on any atom is 0.259 e. The zero-order chi connectivity index (χ0) is 25.2. The number of carbonyl (C=O) groups excluding carboxylic acids is 2. The van der Waals surface area contributed by atoms with Crippen LogP contribution < -0.4 is 10.2 Å². The third-order valence-electron chi connectivity index (χ3n) is 6.50. The first-order valence-electron chi connectivity index (χ1n) is 12.0. The van der Waals surface area contributed by atoms with E-state index in [2.05, 4.69) is 37.4 Å². The van der Waals surface area contributed by atoms with Crippen LogP contribution in [0.1, 0.15) is 48.5 Å². The van der Waals surface area contributed by atoms with Gasteiger partial charge in [-0.1, -0.05) is 77.5 Å². The highest BCUT2D eigenvalue weighted by Gasteiger charge is 2.28. The molecule has 0 saturated heterocycles. The Morgan fingerprint density at radius 3 is 2.39 bits per heavy atom. The molecule has 0 bridgehead atoms. The highest BCUT2D eigenvalue weighted by molar-refractivity contribution is 7.99. The Bertz CT molecular complexity index is 1460. The molecule has 36 heavy (non-hydrogen) atoms. The molecule has 5 heteroatoms. The fraction of sp³-hybridized carbons (Fsp3) is 0.161. The Hall–Kier alpha value is -3.83. The van der Waals surface area contributed by atoms with Crippen molar-refractivity contribution >= 4 is 29.3 Å². The predicted octanol–water partition coefficient (Wildman–Crippen LogP) is 6.85. The van der Waals surface area contributed by atoms with E-state index in [9.17, 15) is 9.59 Å². The molecule has 5 rings (SSSR count). The van der Waals surface area contributed by atoms with Gasteiger partial charge in [0.2, 0.25) is 0 Å². The van der Waals surface area contributed by atoms with Crippen molar-refractivity contribution in [3.63, 3.8) is 0 Å². The van der Waals surface area contributed by atoms with Crippen LogP contribution in [0.2, 0.25) is 0 Å². The van der Waals surface area contributed by atoms with Gasteiger partial charge in [0.05, 0.1) is 17.8 Å². The fourth-order valence-corrected chi connectivity index (χ4v) is 5.41. The third kappa shape index (κ3) is 4.93. The molecule has 4 nitrogen and oxygen atoms in total. The van der Waals surface area contributed by atoms with Crippen LogP contribution in [0.5, 0.6) is 0 Å². The number of hydrogen-bond acceptors (Lipinski definition) is 3. The topological polar surface area (TPSA) is 49.4 Å². The van der Waals surface area contributed by atoms with Crippen molar-refractivity contribution in [3.05, 3.63) is 124 Å². The van der Waals surface area contributed by atoms with Crippen molar-refractivity contribution in [2.75, 3.05) is 4.90 Å². The Balaban J connectivity index is 1.50. The van der Waals surface area contributed by atoms with Crippen LogP contribution in [0.4, 0.5) is 5.69 Å². The van der Waals surface area contributed by atoms with Crippen molar-refractivity contribution in [2.45, 2.75) is 43.7 Å². The zero-order valence-corrected chi connectivity index (χ0v) is 21.5. The molecule has 0 fully saturated rings. The maximum absolute atomic E-state index is 13.8. The molecule has 2 amide bonds. The van der Waals surface area contributed by atoms with E-state index >= 15 is 0 Å². The number of fused-ring (bicyclic) bond motifs is 2. The van der Waals surface area contributed by atoms with Gasteiger partial charge in [-0.25, -0.2) is 0 Å². The minimum atomic E-state index is -0.163. The summed E-state index contributed by atoms with van der Waals surface area (Å²) >= 11 is 1.57. The van der Waals surface area contributed by atoms with Gasteiger partial charge < -0.3 is 10.2 Å². The van der Waals surface area contributed by atoms with E-state index in [0.717, 1.165) is 37.7 Å². The molecule has 1 heterocycles. The zero-order valence-electron chi connectivity index (χ0n) is 20.7. The molecule has 0 radical (unpaired) electrons. The lowest BCUT2D eigenvalue weighted by atomic mass is 10.0. The van der Waals surface area contributed by atoms with E-state index in [-0.39, 0.29) is 11.8 Å². The first-order chi connectivity index (χ1) is 17.4. The molecule has 0 aromatic heterocycles. The smallest absolute Gasteiger partial charge is 0.259 e. The lowest BCUT2D eigenvalue weighted by Gasteiger charge is -2.25. The number of nitrogens with one attached hydrogen (secondary N) is 1. The first kappa shape index (κ1) is 23.9. The SMILES string of the molecule is Cc1ccc(CNC(=O)c2ccc3c(c2)N(Cc2cc(C)ccc2C)C(=O)c2ccccc2S3)cc1. The number of aryl methyl sites for hydroxylation is 3.